The lowest BCUT2D eigenvalue weighted by molar-refractivity contribution is 0.0693. The minimum absolute atomic E-state index is 0.0499. The lowest BCUT2D eigenvalue weighted by Gasteiger charge is -2.30. The fraction of sp³-hybridized carbons (Fsp3) is 0.500. The molecule has 0 saturated heterocycles. The summed E-state index contributed by atoms with van der Waals surface area (Å²) in [6, 6.07) is 4.59. The van der Waals surface area contributed by atoms with E-state index in [0.717, 1.165) is 17.7 Å². The van der Waals surface area contributed by atoms with Crippen LogP contribution in [0.4, 0.5) is 0 Å². The van der Waals surface area contributed by atoms with Crippen LogP contribution in [-0.4, -0.2) is 42.3 Å². The number of amides is 3. The first-order chi connectivity index (χ1) is 11.5. The van der Waals surface area contributed by atoms with E-state index in [1.165, 1.54) is 32.4 Å². The zero-order valence-corrected chi connectivity index (χ0v) is 13.9. The molecule has 1 aliphatic carbocycles. The minimum atomic E-state index is -0.368. The Bertz CT molecular complexity index is 680. The van der Waals surface area contributed by atoms with Crippen molar-refractivity contribution < 1.29 is 14.4 Å². The van der Waals surface area contributed by atoms with E-state index in [2.05, 4.69) is 5.32 Å². The van der Waals surface area contributed by atoms with E-state index in [0.29, 0.717) is 23.6 Å². The smallest absolute Gasteiger partial charge is 0.261 e. The number of rotatable bonds is 4. The first kappa shape index (κ1) is 16.6. The van der Waals surface area contributed by atoms with Crippen molar-refractivity contribution in [3.63, 3.8) is 0 Å². The van der Waals surface area contributed by atoms with Crippen molar-refractivity contribution in [2.75, 3.05) is 13.6 Å². The lowest BCUT2D eigenvalue weighted by atomic mass is 9.84. The van der Waals surface area contributed by atoms with Gasteiger partial charge >= 0.3 is 0 Å². The number of nitrogens with two attached hydrogens (primary N) is 1. The third-order valence-corrected chi connectivity index (χ3v) is 5.14. The molecule has 3 rings (SSSR count). The van der Waals surface area contributed by atoms with Crippen molar-refractivity contribution >= 4 is 17.7 Å². The highest BCUT2D eigenvalue weighted by Crippen LogP contribution is 2.27. The van der Waals surface area contributed by atoms with Gasteiger partial charge in [0.1, 0.15) is 0 Å². The summed E-state index contributed by atoms with van der Waals surface area (Å²) in [4.78, 5) is 37.6. The molecule has 1 unspecified atom stereocenters. The van der Waals surface area contributed by atoms with Crippen molar-refractivity contribution in [3.05, 3.63) is 34.9 Å². The van der Waals surface area contributed by atoms with Crippen LogP contribution in [-0.2, 0) is 0 Å². The second-order valence-electron chi connectivity index (χ2n) is 6.64. The Labute approximate surface area is 141 Å². The van der Waals surface area contributed by atoms with E-state index in [1.54, 1.807) is 12.1 Å². The quantitative estimate of drug-likeness (QED) is 0.820. The topological polar surface area (TPSA) is 92.5 Å². The summed E-state index contributed by atoms with van der Waals surface area (Å²) in [7, 11) is 1.44. The van der Waals surface area contributed by atoms with Gasteiger partial charge in [-0.15, -0.1) is 0 Å². The number of hydrogen-bond donors (Lipinski definition) is 2. The van der Waals surface area contributed by atoms with E-state index >= 15 is 0 Å². The van der Waals surface area contributed by atoms with Gasteiger partial charge in [-0.2, -0.15) is 0 Å². The van der Waals surface area contributed by atoms with Gasteiger partial charge in [-0.05, 0) is 37.0 Å². The summed E-state index contributed by atoms with van der Waals surface area (Å²) >= 11 is 0. The largest absolute Gasteiger partial charge is 0.348 e. The number of imide groups is 1. The van der Waals surface area contributed by atoms with Crippen LogP contribution >= 0.6 is 0 Å². The number of carbonyl (C=O) groups is 3. The van der Waals surface area contributed by atoms with Gasteiger partial charge in [0.2, 0.25) is 0 Å². The zero-order valence-electron chi connectivity index (χ0n) is 13.9. The number of carbonyl (C=O) groups excluding carboxylic acids is 3. The number of nitrogens with one attached hydrogen (secondary N) is 1. The Balaban J connectivity index is 1.76. The summed E-state index contributed by atoms with van der Waals surface area (Å²) in [5.74, 6) is -0.526. The molecule has 1 heterocycles. The van der Waals surface area contributed by atoms with Gasteiger partial charge in [-0.1, -0.05) is 19.3 Å². The number of benzene rings is 1. The Morgan fingerprint density at radius 2 is 1.88 bits per heavy atom. The Hall–Kier alpha value is -2.21. The van der Waals surface area contributed by atoms with E-state index in [4.69, 9.17) is 5.73 Å². The van der Waals surface area contributed by atoms with Crippen LogP contribution in [0.15, 0.2) is 18.2 Å². The SMILES string of the molecule is CN1C(=O)c2ccc(C(=O)NC(CN)C3CCCCC3)cc2C1=O. The third-order valence-electron chi connectivity index (χ3n) is 5.14. The van der Waals surface area contributed by atoms with Crippen LogP contribution in [0, 0.1) is 5.92 Å². The van der Waals surface area contributed by atoms with Crippen LogP contribution in [0.2, 0.25) is 0 Å². The van der Waals surface area contributed by atoms with Crippen LogP contribution in [0.1, 0.15) is 63.2 Å². The van der Waals surface area contributed by atoms with Crippen molar-refractivity contribution in [1.82, 2.24) is 10.2 Å². The minimum Gasteiger partial charge on any atom is -0.348 e. The summed E-state index contributed by atoms with van der Waals surface area (Å²) in [6.45, 7) is 0.404. The van der Waals surface area contributed by atoms with Crippen molar-refractivity contribution in [2.24, 2.45) is 11.7 Å². The van der Waals surface area contributed by atoms with Gasteiger partial charge in [-0.25, -0.2) is 0 Å². The summed E-state index contributed by atoms with van der Waals surface area (Å²) in [5, 5.41) is 3.01. The Morgan fingerprint density at radius 1 is 1.21 bits per heavy atom. The molecule has 0 bridgehead atoms. The first-order valence-corrected chi connectivity index (χ1v) is 8.50. The molecule has 1 atom stereocenters. The normalized spacial score (nSPS) is 19.3. The molecule has 1 fully saturated rings. The van der Waals surface area contributed by atoms with Crippen LogP contribution in [0.3, 0.4) is 0 Å². The molecule has 1 saturated carbocycles. The van der Waals surface area contributed by atoms with Crippen LogP contribution in [0.25, 0.3) is 0 Å². The first-order valence-electron chi connectivity index (χ1n) is 8.50. The lowest BCUT2D eigenvalue weighted by Crippen LogP contribution is -2.45. The highest BCUT2D eigenvalue weighted by Gasteiger charge is 2.33. The molecular weight excluding hydrogens is 306 g/mol. The molecule has 1 aromatic rings. The standard InChI is InChI=1S/C18H23N3O3/c1-21-17(23)13-8-7-12(9-14(13)18(21)24)16(22)20-15(10-19)11-5-3-2-4-6-11/h7-9,11,15H,2-6,10,19H2,1H3,(H,20,22). The number of hydrogen-bond acceptors (Lipinski definition) is 4. The molecule has 2 aliphatic rings. The molecule has 24 heavy (non-hydrogen) atoms. The van der Waals surface area contributed by atoms with Gasteiger partial charge in [0, 0.05) is 25.2 Å². The molecule has 3 amide bonds. The predicted octanol–water partition coefficient (Wildman–Crippen LogP) is 1.55. The van der Waals surface area contributed by atoms with Crippen molar-refractivity contribution in [1.29, 1.82) is 0 Å². The maximum absolute atomic E-state index is 12.5. The van der Waals surface area contributed by atoms with Gasteiger partial charge in [0.25, 0.3) is 17.7 Å². The number of nitrogens with zero attached hydrogens (tertiary/aromatic N) is 1. The average Bonchev–Trinajstić information content (AvgIpc) is 2.84. The van der Waals surface area contributed by atoms with Crippen molar-refractivity contribution in [3.8, 4) is 0 Å². The van der Waals surface area contributed by atoms with E-state index in [1.807, 2.05) is 0 Å². The Morgan fingerprint density at radius 3 is 2.54 bits per heavy atom. The molecule has 0 aromatic heterocycles. The van der Waals surface area contributed by atoms with E-state index in [-0.39, 0.29) is 29.3 Å². The fourth-order valence-electron chi connectivity index (χ4n) is 3.66. The second kappa shape index (κ2) is 6.73. The highest BCUT2D eigenvalue weighted by atomic mass is 16.2. The van der Waals surface area contributed by atoms with Crippen LogP contribution in [0.5, 0.6) is 0 Å². The van der Waals surface area contributed by atoms with Crippen molar-refractivity contribution in [2.45, 2.75) is 38.1 Å². The monoisotopic (exact) mass is 329 g/mol. The predicted molar refractivity (Wildman–Crippen MR) is 89.7 cm³/mol. The molecule has 1 aromatic carbocycles. The molecule has 3 N–H and O–H groups in total. The average molecular weight is 329 g/mol. The van der Waals surface area contributed by atoms with Gasteiger partial charge in [0.15, 0.2) is 0 Å². The molecular formula is C18H23N3O3. The molecule has 0 radical (unpaired) electrons. The highest BCUT2D eigenvalue weighted by molar-refractivity contribution is 6.21. The Kier molecular flexibility index (Phi) is 4.66. The second-order valence-corrected chi connectivity index (χ2v) is 6.64. The summed E-state index contributed by atoms with van der Waals surface area (Å²) in [5.41, 5.74) is 6.88. The zero-order chi connectivity index (χ0) is 17.3. The third kappa shape index (κ3) is 2.94. The van der Waals surface area contributed by atoms with Gasteiger partial charge < -0.3 is 11.1 Å². The molecule has 128 valence electrons. The van der Waals surface area contributed by atoms with Gasteiger partial charge in [-0.3, -0.25) is 19.3 Å². The van der Waals surface area contributed by atoms with Gasteiger partial charge in [0.05, 0.1) is 11.1 Å². The molecule has 6 heteroatoms. The summed E-state index contributed by atoms with van der Waals surface area (Å²) < 4.78 is 0. The van der Waals surface area contributed by atoms with E-state index in [9.17, 15) is 14.4 Å². The molecule has 1 aliphatic heterocycles. The van der Waals surface area contributed by atoms with Crippen LogP contribution < -0.4 is 11.1 Å². The summed E-state index contributed by atoms with van der Waals surface area (Å²) in [6.07, 6.45) is 5.78. The maximum Gasteiger partial charge on any atom is 0.261 e. The number of fused-ring (bicyclic) bond motifs is 1. The maximum atomic E-state index is 12.5. The molecule has 6 nitrogen and oxygen atoms in total. The van der Waals surface area contributed by atoms with E-state index < -0.39 is 0 Å². The fourth-order valence-corrected chi connectivity index (χ4v) is 3.66. The molecule has 0 spiro atoms.